The van der Waals surface area contributed by atoms with E-state index in [1.165, 1.54) is 12.8 Å². The molecule has 1 heterocycles. The molecule has 0 saturated carbocycles. The summed E-state index contributed by atoms with van der Waals surface area (Å²) in [5, 5.41) is 6.75. The molecule has 0 amide bonds. The number of ether oxygens (including phenoxy) is 1. The molecule has 0 aromatic rings. The second-order valence-electron chi connectivity index (χ2n) is 5.96. The van der Waals surface area contributed by atoms with Crippen LogP contribution in [0.1, 0.15) is 40.5 Å². The van der Waals surface area contributed by atoms with Gasteiger partial charge in [0.2, 0.25) is 0 Å². The van der Waals surface area contributed by atoms with E-state index in [4.69, 9.17) is 9.73 Å². The zero-order chi connectivity index (χ0) is 15.5. The Balaban J connectivity index is 2.55. The summed E-state index contributed by atoms with van der Waals surface area (Å²) >= 11 is 0. The molecule has 0 spiro atoms. The molecule has 1 atom stereocenters. The van der Waals surface area contributed by atoms with Gasteiger partial charge in [0.1, 0.15) is 0 Å². The highest BCUT2D eigenvalue weighted by Gasteiger charge is 2.23. The Kier molecular flexibility index (Phi) is 9.42. The number of hydrogen-bond acceptors (Lipinski definition) is 3. The minimum Gasteiger partial charge on any atom is -0.379 e. The quantitative estimate of drug-likeness (QED) is 0.407. The first-order valence-corrected chi connectivity index (χ1v) is 8.53. The molecule has 0 bridgehead atoms. The molecule has 1 rings (SSSR count). The van der Waals surface area contributed by atoms with Gasteiger partial charge in [-0.15, -0.1) is 0 Å². The molecule has 5 nitrogen and oxygen atoms in total. The van der Waals surface area contributed by atoms with Gasteiger partial charge in [-0.05, 0) is 19.3 Å². The SMILES string of the molecule is CCCCNC(=NCC(C(C)C)N1CCOCC1)NCC. The molecule has 2 N–H and O–H groups in total. The Morgan fingerprint density at radius 2 is 1.90 bits per heavy atom. The maximum Gasteiger partial charge on any atom is 0.191 e. The predicted molar refractivity (Wildman–Crippen MR) is 89.9 cm³/mol. The Morgan fingerprint density at radius 1 is 1.19 bits per heavy atom. The van der Waals surface area contributed by atoms with Crippen LogP contribution in [0.2, 0.25) is 0 Å². The molecule has 1 aliphatic heterocycles. The third-order valence-corrected chi connectivity index (χ3v) is 3.89. The highest BCUT2D eigenvalue weighted by molar-refractivity contribution is 5.79. The lowest BCUT2D eigenvalue weighted by atomic mass is 10.0. The number of rotatable bonds is 8. The molecule has 0 aliphatic carbocycles. The van der Waals surface area contributed by atoms with Crippen molar-refractivity contribution in [3.05, 3.63) is 0 Å². The monoisotopic (exact) mass is 298 g/mol. The number of morpholine rings is 1. The van der Waals surface area contributed by atoms with Crippen molar-refractivity contribution in [3.63, 3.8) is 0 Å². The van der Waals surface area contributed by atoms with Gasteiger partial charge < -0.3 is 15.4 Å². The molecular formula is C16H34N4O. The van der Waals surface area contributed by atoms with Crippen molar-refractivity contribution < 1.29 is 4.74 Å². The summed E-state index contributed by atoms with van der Waals surface area (Å²) < 4.78 is 5.46. The maximum atomic E-state index is 5.46. The van der Waals surface area contributed by atoms with Gasteiger partial charge in [-0.2, -0.15) is 0 Å². The van der Waals surface area contributed by atoms with Gasteiger partial charge in [0.05, 0.1) is 19.8 Å². The van der Waals surface area contributed by atoms with Crippen LogP contribution in [0.15, 0.2) is 4.99 Å². The van der Waals surface area contributed by atoms with E-state index in [1.807, 2.05) is 0 Å². The van der Waals surface area contributed by atoms with Crippen molar-refractivity contribution in [2.24, 2.45) is 10.9 Å². The van der Waals surface area contributed by atoms with Crippen LogP contribution in [-0.2, 0) is 4.74 Å². The first-order chi connectivity index (χ1) is 10.2. The van der Waals surface area contributed by atoms with Crippen LogP contribution < -0.4 is 10.6 Å². The second kappa shape index (κ2) is 10.9. The van der Waals surface area contributed by atoms with Crippen molar-refractivity contribution in [1.82, 2.24) is 15.5 Å². The number of aliphatic imine (C=N–C) groups is 1. The fourth-order valence-electron chi connectivity index (χ4n) is 2.57. The van der Waals surface area contributed by atoms with Crippen LogP contribution in [0.3, 0.4) is 0 Å². The van der Waals surface area contributed by atoms with E-state index in [0.29, 0.717) is 12.0 Å². The topological polar surface area (TPSA) is 48.9 Å². The van der Waals surface area contributed by atoms with Crippen LogP contribution in [0.4, 0.5) is 0 Å². The number of nitrogens with one attached hydrogen (secondary N) is 2. The van der Waals surface area contributed by atoms with E-state index in [1.54, 1.807) is 0 Å². The van der Waals surface area contributed by atoms with Gasteiger partial charge in [-0.1, -0.05) is 27.2 Å². The minimum absolute atomic E-state index is 0.496. The van der Waals surface area contributed by atoms with Gasteiger partial charge in [0, 0.05) is 32.2 Å². The van der Waals surface area contributed by atoms with Crippen LogP contribution in [0.5, 0.6) is 0 Å². The molecule has 0 radical (unpaired) electrons. The molecule has 124 valence electrons. The van der Waals surface area contributed by atoms with E-state index in [2.05, 4.69) is 43.2 Å². The van der Waals surface area contributed by atoms with Crippen molar-refractivity contribution in [2.45, 2.75) is 46.6 Å². The molecule has 21 heavy (non-hydrogen) atoms. The Bertz CT molecular complexity index is 288. The highest BCUT2D eigenvalue weighted by Crippen LogP contribution is 2.13. The first kappa shape index (κ1) is 18.2. The van der Waals surface area contributed by atoms with Crippen molar-refractivity contribution in [1.29, 1.82) is 0 Å². The van der Waals surface area contributed by atoms with E-state index < -0.39 is 0 Å². The zero-order valence-corrected chi connectivity index (χ0v) is 14.3. The van der Waals surface area contributed by atoms with Gasteiger partial charge in [0.25, 0.3) is 0 Å². The summed E-state index contributed by atoms with van der Waals surface area (Å²) in [6.45, 7) is 15.4. The maximum absolute atomic E-state index is 5.46. The third-order valence-electron chi connectivity index (χ3n) is 3.89. The lowest BCUT2D eigenvalue weighted by Gasteiger charge is -2.36. The largest absolute Gasteiger partial charge is 0.379 e. The standard InChI is InChI=1S/C16H34N4O/c1-5-7-8-18-16(17-6-2)19-13-15(14(3)4)20-9-11-21-12-10-20/h14-15H,5-13H2,1-4H3,(H2,17,18,19). The van der Waals surface area contributed by atoms with Gasteiger partial charge in [-0.3, -0.25) is 9.89 Å². The van der Waals surface area contributed by atoms with Gasteiger partial charge in [0.15, 0.2) is 5.96 Å². The Hall–Kier alpha value is -0.810. The van der Waals surface area contributed by atoms with Crippen molar-refractivity contribution in [3.8, 4) is 0 Å². The van der Waals surface area contributed by atoms with Crippen LogP contribution in [0.25, 0.3) is 0 Å². The summed E-state index contributed by atoms with van der Waals surface area (Å²) in [5.74, 6) is 1.55. The summed E-state index contributed by atoms with van der Waals surface area (Å²) in [4.78, 5) is 7.32. The zero-order valence-electron chi connectivity index (χ0n) is 14.3. The molecule has 0 aromatic heterocycles. The Labute approximate surface area is 130 Å². The first-order valence-electron chi connectivity index (χ1n) is 8.53. The normalized spacial score (nSPS) is 18.8. The Morgan fingerprint density at radius 3 is 2.48 bits per heavy atom. The smallest absolute Gasteiger partial charge is 0.191 e. The molecule has 1 unspecified atom stereocenters. The van der Waals surface area contributed by atoms with E-state index in [9.17, 15) is 0 Å². The summed E-state index contributed by atoms with van der Waals surface area (Å²) in [6.07, 6.45) is 2.39. The summed E-state index contributed by atoms with van der Waals surface area (Å²) in [6, 6.07) is 0.496. The third kappa shape index (κ3) is 7.14. The molecule has 1 aliphatic rings. The fourth-order valence-corrected chi connectivity index (χ4v) is 2.57. The number of nitrogens with zero attached hydrogens (tertiary/aromatic N) is 2. The fraction of sp³-hybridized carbons (Fsp3) is 0.938. The summed E-state index contributed by atoms with van der Waals surface area (Å²) in [5.41, 5.74) is 0. The molecule has 5 heteroatoms. The van der Waals surface area contributed by atoms with Crippen molar-refractivity contribution in [2.75, 3.05) is 45.9 Å². The van der Waals surface area contributed by atoms with Crippen LogP contribution in [-0.4, -0.2) is 62.8 Å². The lowest BCUT2D eigenvalue weighted by Crippen LogP contribution is -2.48. The van der Waals surface area contributed by atoms with E-state index >= 15 is 0 Å². The van der Waals surface area contributed by atoms with Crippen molar-refractivity contribution >= 4 is 5.96 Å². The molecule has 1 saturated heterocycles. The lowest BCUT2D eigenvalue weighted by molar-refractivity contribution is 0.00867. The molecular weight excluding hydrogens is 264 g/mol. The second-order valence-corrected chi connectivity index (χ2v) is 5.96. The summed E-state index contributed by atoms with van der Waals surface area (Å²) in [7, 11) is 0. The van der Waals surface area contributed by atoms with Crippen LogP contribution >= 0.6 is 0 Å². The number of guanidine groups is 1. The van der Waals surface area contributed by atoms with Gasteiger partial charge in [-0.25, -0.2) is 0 Å². The molecule has 0 aromatic carbocycles. The molecule has 1 fully saturated rings. The highest BCUT2D eigenvalue weighted by atomic mass is 16.5. The number of hydrogen-bond donors (Lipinski definition) is 2. The van der Waals surface area contributed by atoms with Crippen LogP contribution in [0, 0.1) is 5.92 Å². The average molecular weight is 298 g/mol. The minimum atomic E-state index is 0.496. The number of unbranched alkanes of at least 4 members (excludes halogenated alkanes) is 1. The average Bonchev–Trinajstić information content (AvgIpc) is 2.48. The van der Waals surface area contributed by atoms with E-state index in [0.717, 1.165) is 51.9 Å². The van der Waals surface area contributed by atoms with Gasteiger partial charge >= 0.3 is 0 Å². The predicted octanol–water partition coefficient (Wildman–Crippen LogP) is 1.70. The van der Waals surface area contributed by atoms with E-state index in [-0.39, 0.29) is 0 Å².